The highest BCUT2D eigenvalue weighted by atomic mass is 32.1. The average Bonchev–Trinajstić information content (AvgIpc) is 3.82. The van der Waals surface area contributed by atoms with E-state index < -0.39 is 0 Å². The Morgan fingerprint density at radius 3 is 2.75 bits per heavy atom. The topological polar surface area (TPSA) is 101 Å². The number of rotatable bonds is 11. The summed E-state index contributed by atoms with van der Waals surface area (Å²) in [5.41, 5.74) is 1.92. The lowest BCUT2D eigenvalue weighted by Crippen LogP contribution is -2.39. The number of anilines is 1. The van der Waals surface area contributed by atoms with Gasteiger partial charge in [-0.25, -0.2) is 0 Å². The number of morpholine rings is 1. The summed E-state index contributed by atoms with van der Waals surface area (Å²) in [5, 5.41) is 15.2. The first-order valence-corrected chi connectivity index (χ1v) is 14.3. The number of hydrogen-bond donors (Lipinski definition) is 2. The first-order chi connectivity index (χ1) is 17.7. The van der Waals surface area contributed by atoms with Crippen molar-refractivity contribution in [2.45, 2.75) is 57.4 Å². The van der Waals surface area contributed by atoms with Crippen LogP contribution >= 0.6 is 11.3 Å². The zero-order chi connectivity index (χ0) is 24.5. The van der Waals surface area contributed by atoms with E-state index in [1.165, 1.54) is 17.7 Å². The van der Waals surface area contributed by atoms with Gasteiger partial charge in [-0.2, -0.15) is 0 Å². The maximum atomic E-state index is 13.4. The Labute approximate surface area is 216 Å². The molecule has 0 unspecified atom stereocenters. The molecule has 9 nitrogen and oxygen atoms in total. The molecule has 36 heavy (non-hydrogen) atoms. The third-order valence-electron chi connectivity index (χ3n) is 7.93. The zero-order valence-electron chi connectivity index (χ0n) is 20.8. The summed E-state index contributed by atoms with van der Waals surface area (Å²) >= 11 is 1.69. The summed E-state index contributed by atoms with van der Waals surface area (Å²) < 4.78 is 7.58. The largest absolute Gasteiger partial charge is 0.379 e. The minimum atomic E-state index is 0.00580. The fraction of sp³-hybridized carbons (Fsp3) is 0.692. The second-order valence-corrected chi connectivity index (χ2v) is 11.9. The number of fused-ring (bicyclic) bond motifs is 1. The molecule has 2 saturated carbocycles. The number of carbonyl (C=O) groups is 2. The molecule has 1 saturated heterocycles. The van der Waals surface area contributed by atoms with E-state index in [9.17, 15) is 9.59 Å². The van der Waals surface area contributed by atoms with Crippen LogP contribution in [0.4, 0.5) is 5.95 Å². The van der Waals surface area contributed by atoms with Gasteiger partial charge >= 0.3 is 0 Å². The molecule has 1 amide bonds. The number of aryl methyl sites for hydroxylation is 1. The van der Waals surface area contributed by atoms with Crippen LogP contribution in [-0.4, -0.2) is 77.3 Å². The number of thiophene rings is 1. The van der Waals surface area contributed by atoms with Gasteiger partial charge in [-0.05, 0) is 56.4 Å². The molecule has 2 aromatic rings. The molecule has 0 aromatic carbocycles. The highest BCUT2D eigenvalue weighted by Gasteiger charge is 2.35. The minimum absolute atomic E-state index is 0.00580. The normalized spacial score (nSPS) is 22.3. The van der Waals surface area contributed by atoms with Crippen molar-refractivity contribution in [1.82, 2.24) is 25.0 Å². The average molecular weight is 513 g/mol. The molecule has 4 aliphatic rings. The second kappa shape index (κ2) is 10.6. The van der Waals surface area contributed by atoms with E-state index in [1.54, 1.807) is 11.3 Å². The maximum Gasteiger partial charge on any atom is 0.252 e. The van der Waals surface area contributed by atoms with Crippen LogP contribution in [0.3, 0.4) is 0 Å². The van der Waals surface area contributed by atoms with Gasteiger partial charge in [-0.1, -0.05) is 0 Å². The Kier molecular flexibility index (Phi) is 7.08. The molecule has 0 radical (unpaired) electrons. The fourth-order valence-electron chi connectivity index (χ4n) is 5.39. The Morgan fingerprint density at radius 2 is 1.97 bits per heavy atom. The number of nitrogens with one attached hydrogen (secondary N) is 2. The van der Waals surface area contributed by atoms with Crippen molar-refractivity contribution >= 4 is 29.0 Å². The molecule has 2 aromatic heterocycles. The summed E-state index contributed by atoms with van der Waals surface area (Å²) in [6.45, 7) is 6.02. The summed E-state index contributed by atoms with van der Waals surface area (Å²) in [6.07, 6.45) is 9.28. The van der Waals surface area contributed by atoms with Crippen molar-refractivity contribution in [2.75, 3.05) is 51.3 Å². The molecular weight excluding hydrogens is 476 g/mol. The predicted molar refractivity (Wildman–Crippen MR) is 138 cm³/mol. The van der Waals surface area contributed by atoms with Crippen molar-refractivity contribution in [1.29, 1.82) is 0 Å². The molecule has 0 bridgehead atoms. The van der Waals surface area contributed by atoms with E-state index in [2.05, 4.69) is 30.3 Å². The number of carbonyl (C=O) groups excluding carboxylic acids is 2. The van der Waals surface area contributed by atoms with Crippen molar-refractivity contribution in [3.8, 4) is 0 Å². The van der Waals surface area contributed by atoms with Gasteiger partial charge in [-0.15, -0.1) is 21.5 Å². The summed E-state index contributed by atoms with van der Waals surface area (Å²) in [4.78, 5) is 30.7. The van der Waals surface area contributed by atoms with E-state index >= 15 is 0 Å². The SMILES string of the molecule is O=C(NCC1CC1)c1c(CC(=O)C2CC2)sc2c1C[C@H](n1cnnc1NCCN1CCOCC1)CC2. The van der Waals surface area contributed by atoms with Crippen LogP contribution in [0.2, 0.25) is 0 Å². The van der Waals surface area contributed by atoms with E-state index in [4.69, 9.17) is 4.74 Å². The van der Waals surface area contributed by atoms with E-state index in [0.717, 1.165) is 100.0 Å². The molecule has 10 heteroatoms. The summed E-state index contributed by atoms with van der Waals surface area (Å²) in [5.74, 6) is 1.92. The molecule has 3 fully saturated rings. The number of ketones is 1. The van der Waals surface area contributed by atoms with Gasteiger partial charge in [-0.3, -0.25) is 19.1 Å². The number of hydrogen-bond acceptors (Lipinski definition) is 8. The standard InChI is InChI=1S/C26H36N6O3S/c33-21(18-3-4-18)14-23-24(25(34)28-15-17-1-2-17)20-13-19(5-6-22(20)36-23)32-16-29-30-26(32)27-7-8-31-9-11-35-12-10-31/h16-19H,1-15H2,(H,27,30)(H,28,34)/t19-/m1/s1. The van der Waals surface area contributed by atoms with Gasteiger partial charge in [0.15, 0.2) is 0 Å². The van der Waals surface area contributed by atoms with Crippen LogP contribution in [0.5, 0.6) is 0 Å². The van der Waals surface area contributed by atoms with E-state index in [-0.39, 0.29) is 17.9 Å². The molecule has 2 N–H and O–H groups in total. The highest BCUT2D eigenvalue weighted by molar-refractivity contribution is 7.12. The molecule has 194 valence electrons. The van der Waals surface area contributed by atoms with Gasteiger partial charge in [0.25, 0.3) is 5.91 Å². The smallest absolute Gasteiger partial charge is 0.252 e. The lowest BCUT2D eigenvalue weighted by atomic mass is 9.90. The van der Waals surface area contributed by atoms with Gasteiger partial charge in [0.2, 0.25) is 5.95 Å². The first kappa shape index (κ1) is 24.1. The number of aromatic nitrogens is 3. The third kappa shape index (κ3) is 5.50. The second-order valence-electron chi connectivity index (χ2n) is 10.7. The first-order valence-electron chi connectivity index (χ1n) is 13.5. The van der Waals surface area contributed by atoms with Crippen LogP contribution in [-0.2, 0) is 28.8 Å². The highest BCUT2D eigenvalue weighted by Crippen LogP contribution is 2.40. The quantitative estimate of drug-likeness (QED) is 0.477. The predicted octanol–water partition coefficient (Wildman–Crippen LogP) is 2.48. The van der Waals surface area contributed by atoms with Crippen molar-refractivity contribution in [3.63, 3.8) is 0 Å². The number of ether oxygens (including phenoxy) is 1. The van der Waals surface area contributed by atoms with Gasteiger partial charge in [0.1, 0.15) is 12.1 Å². The third-order valence-corrected chi connectivity index (χ3v) is 9.22. The molecule has 0 spiro atoms. The van der Waals surface area contributed by atoms with Crippen LogP contribution in [0.1, 0.15) is 63.8 Å². The van der Waals surface area contributed by atoms with E-state index in [0.29, 0.717) is 18.1 Å². The van der Waals surface area contributed by atoms with Gasteiger partial charge < -0.3 is 15.4 Å². The number of nitrogens with zero attached hydrogens (tertiary/aromatic N) is 4. The zero-order valence-corrected chi connectivity index (χ0v) is 21.7. The summed E-state index contributed by atoms with van der Waals surface area (Å²) in [7, 11) is 0. The molecule has 6 rings (SSSR count). The maximum absolute atomic E-state index is 13.4. The fourth-order valence-corrected chi connectivity index (χ4v) is 6.75. The Bertz CT molecular complexity index is 1100. The van der Waals surface area contributed by atoms with Gasteiger partial charge in [0.05, 0.1) is 18.8 Å². The Balaban J connectivity index is 1.17. The number of amides is 1. The van der Waals surface area contributed by atoms with Gasteiger partial charge in [0, 0.05) is 60.9 Å². The number of Topliss-reactive ketones (excluding diaryl/α,β-unsaturated/α-hetero) is 1. The molecular formula is C26H36N6O3S. The molecule has 1 atom stereocenters. The molecule has 3 heterocycles. The van der Waals surface area contributed by atoms with Crippen molar-refractivity contribution < 1.29 is 14.3 Å². The Hall–Kier alpha value is -2.30. The lowest BCUT2D eigenvalue weighted by Gasteiger charge is -2.27. The van der Waals surface area contributed by atoms with Crippen molar-refractivity contribution in [2.24, 2.45) is 11.8 Å². The van der Waals surface area contributed by atoms with Crippen LogP contribution in [0.15, 0.2) is 6.33 Å². The van der Waals surface area contributed by atoms with E-state index in [1.807, 2.05) is 6.33 Å². The monoisotopic (exact) mass is 512 g/mol. The van der Waals surface area contributed by atoms with Crippen LogP contribution in [0, 0.1) is 11.8 Å². The van der Waals surface area contributed by atoms with Crippen LogP contribution in [0.25, 0.3) is 0 Å². The molecule has 3 aliphatic carbocycles. The Morgan fingerprint density at radius 1 is 1.14 bits per heavy atom. The van der Waals surface area contributed by atoms with Crippen LogP contribution < -0.4 is 10.6 Å². The lowest BCUT2D eigenvalue weighted by molar-refractivity contribution is -0.119. The molecule has 1 aliphatic heterocycles. The summed E-state index contributed by atoms with van der Waals surface area (Å²) in [6, 6.07) is 0.190. The van der Waals surface area contributed by atoms with Crippen molar-refractivity contribution in [3.05, 3.63) is 27.2 Å². The minimum Gasteiger partial charge on any atom is -0.379 e.